The molecular weight excluding hydrogens is 509 g/mol. The van der Waals surface area contributed by atoms with Crippen molar-refractivity contribution in [2.45, 2.75) is 51.6 Å². The molecule has 1 aromatic heterocycles. The van der Waals surface area contributed by atoms with Crippen LogP contribution in [-0.2, 0) is 36.1 Å². The minimum Gasteiger partial charge on any atom is -0.369 e. The smallest absolute Gasteiger partial charge is 0.369 e. The number of hydrogen-bond donors (Lipinski definition) is 1. The summed E-state index contributed by atoms with van der Waals surface area (Å²) in [7, 11) is 0. The third kappa shape index (κ3) is 4.84. The average Bonchev–Trinajstić information content (AvgIpc) is 3.43. The predicted octanol–water partition coefficient (Wildman–Crippen LogP) is 4.25. The average molecular weight is 537 g/mol. The number of aliphatic imine (C=N–C) groups is 1. The highest BCUT2D eigenvalue weighted by molar-refractivity contribution is 6.07. The van der Waals surface area contributed by atoms with Crippen molar-refractivity contribution in [3.05, 3.63) is 94.6 Å². The Morgan fingerprint density at radius 3 is 2.28 bits per heavy atom. The van der Waals surface area contributed by atoms with Crippen LogP contribution < -0.4 is 5.73 Å². The van der Waals surface area contributed by atoms with Crippen LogP contribution in [0.15, 0.2) is 65.9 Å². The minimum atomic E-state index is -4.75. The van der Waals surface area contributed by atoms with Crippen LogP contribution in [0.2, 0.25) is 0 Å². The summed E-state index contributed by atoms with van der Waals surface area (Å²) in [6, 6.07) is 12.4. The molecular formula is C28H27F3N6O2. The van der Waals surface area contributed by atoms with E-state index in [2.05, 4.69) is 15.0 Å². The Morgan fingerprint density at radius 1 is 1.05 bits per heavy atom. The first-order chi connectivity index (χ1) is 18.5. The lowest BCUT2D eigenvalue weighted by molar-refractivity contribution is -0.138. The van der Waals surface area contributed by atoms with Crippen molar-refractivity contribution >= 4 is 17.8 Å². The number of hydrogen-bond acceptors (Lipinski definition) is 6. The highest BCUT2D eigenvalue weighted by Gasteiger charge is 2.49. The second kappa shape index (κ2) is 9.79. The first-order valence-corrected chi connectivity index (χ1v) is 12.5. The first kappa shape index (κ1) is 26.3. The summed E-state index contributed by atoms with van der Waals surface area (Å²) in [5, 5.41) is 0. The van der Waals surface area contributed by atoms with Gasteiger partial charge in [-0.25, -0.2) is 4.99 Å². The third-order valence-electron chi connectivity index (χ3n) is 6.93. The Bertz CT molecular complexity index is 1430. The van der Waals surface area contributed by atoms with Crippen LogP contribution in [0.3, 0.4) is 0 Å². The van der Waals surface area contributed by atoms with E-state index in [1.165, 1.54) is 34.3 Å². The number of carbonyl (C=O) groups is 2. The van der Waals surface area contributed by atoms with Crippen molar-refractivity contribution in [3.8, 4) is 0 Å². The summed E-state index contributed by atoms with van der Waals surface area (Å²) < 4.78 is 41.8. The van der Waals surface area contributed by atoms with Crippen molar-refractivity contribution in [1.29, 1.82) is 0 Å². The zero-order valence-corrected chi connectivity index (χ0v) is 21.4. The van der Waals surface area contributed by atoms with Crippen molar-refractivity contribution in [2.24, 2.45) is 16.6 Å². The van der Waals surface area contributed by atoms with Gasteiger partial charge in [-0.15, -0.1) is 0 Å². The molecule has 0 aliphatic carbocycles. The van der Waals surface area contributed by atoms with Crippen molar-refractivity contribution < 1.29 is 22.8 Å². The van der Waals surface area contributed by atoms with Gasteiger partial charge in [0.25, 0.3) is 11.8 Å². The largest absolute Gasteiger partial charge is 0.417 e. The van der Waals surface area contributed by atoms with Gasteiger partial charge in [-0.3, -0.25) is 24.5 Å². The van der Waals surface area contributed by atoms with Crippen LogP contribution in [-0.4, -0.2) is 37.5 Å². The molecule has 11 heteroatoms. The van der Waals surface area contributed by atoms with Gasteiger partial charge >= 0.3 is 6.18 Å². The maximum absolute atomic E-state index is 13.9. The van der Waals surface area contributed by atoms with Crippen molar-refractivity contribution in [1.82, 2.24) is 19.8 Å². The molecule has 8 nitrogen and oxygen atoms in total. The fraction of sp³-hybridized carbons (Fsp3) is 0.321. The zero-order valence-electron chi connectivity index (χ0n) is 21.4. The van der Waals surface area contributed by atoms with Gasteiger partial charge in [0.15, 0.2) is 11.5 Å². The second-order valence-electron chi connectivity index (χ2n) is 10.2. The molecule has 2 N–H and O–H groups in total. The molecule has 0 spiro atoms. The van der Waals surface area contributed by atoms with E-state index < -0.39 is 28.7 Å². The Kier molecular flexibility index (Phi) is 6.61. The topological polar surface area (TPSA) is 105 Å². The Balaban J connectivity index is 1.47. The Labute approximate surface area is 223 Å². The molecule has 39 heavy (non-hydrogen) atoms. The monoisotopic (exact) mass is 536 g/mol. The second-order valence-corrected chi connectivity index (χ2v) is 10.2. The van der Waals surface area contributed by atoms with E-state index >= 15 is 0 Å². The molecule has 0 saturated carbocycles. The highest BCUT2D eigenvalue weighted by atomic mass is 19.4. The van der Waals surface area contributed by atoms with Gasteiger partial charge in [0.1, 0.15) is 0 Å². The van der Waals surface area contributed by atoms with Crippen LogP contribution in [0, 0.1) is 5.92 Å². The number of nitrogens with zero attached hydrogens (tertiary/aromatic N) is 5. The number of guanidine groups is 1. The number of halogens is 3. The molecule has 0 radical (unpaired) electrons. The number of alkyl halides is 3. The number of amides is 2. The van der Waals surface area contributed by atoms with Gasteiger partial charge in [0.05, 0.1) is 42.1 Å². The van der Waals surface area contributed by atoms with Crippen LogP contribution in [0.5, 0.6) is 0 Å². The number of benzene rings is 2. The third-order valence-corrected chi connectivity index (χ3v) is 6.93. The Morgan fingerprint density at radius 2 is 1.69 bits per heavy atom. The van der Waals surface area contributed by atoms with Gasteiger partial charge in [0.2, 0.25) is 0 Å². The number of rotatable bonds is 6. The quantitative estimate of drug-likeness (QED) is 0.507. The molecule has 2 amide bonds. The van der Waals surface area contributed by atoms with Crippen molar-refractivity contribution in [3.63, 3.8) is 0 Å². The van der Waals surface area contributed by atoms with Gasteiger partial charge < -0.3 is 10.6 Å². The van der Waals surface area contributed by atoms with E-state index in [0.717, 1.165) is 6.07 Å². The molecule has 5 rings (SSSR count). The summed E-state index contributed by atoms with van der Waals surface area (Å²) in [4.78, 5) is 42.6. The number of nitrogens with two attached hydrogens (primary N) is 1. The molecule has 3 heterocycles. The number of carbonyl (C=O) groups excluding carboxylic acids is 2. The summed E-state index contributed by atoms with van der Waals surface area (Å²) in [6.07, 6.45) is -1.40. The van der Waals surface area contributed by atoms with Gasteiger partial charge in [-0.1, -0.05) is 50.2 Å². The lowest BCUT2D eigenvalue weighted by Crippen LogP contribution is -2.43. The fourth-order valence-corrected chi connectivity index (χ4v) is 5.22. The van der Waals surface area contributed by atoms with E-state index in [-0.39, 0.29) is 37.4 Å². The maximum atomic E-state index is 13.9. The van der Waals surface area contributed by atoms with Crippen LogP contribution in [0.25, 0.3) is 0 Å². The normalized spacial score (nSPS) is 19.0. The molecule has 0 bridgehead atoms. The standard InChI is InChI=1S/C28H27F3N6O2/c1-17(2)13-27(19-6-4-3-5-7-19)25(39)37(26(32)35-27)14-18-8-9-21(28(29,30)31)20(12-18)24(38)36-15-22-23(16-36)34-11-10-33-22/h3-12,17H,13-16H2,1-2H3,(H2,32,35)/t27-/m1/s1. The molecule has 3 aromatic rings. The molecule has 2 aliphatic heterocycles. The molecule has 202 valence electrons. The number of fused-ring (bicyclic) bond motifs is 1. The van der Waals surface area contributed by atoms with Gasteiger partial charge in [0, 0.05) is 12.4 Å². The molecule has 1 atom stereocenters. The van der Waals surface area contributed by atoms with Gasteiger partial charge in [-0.2, -0.15) is 13.2 Å². The van der Waals surface area contributed by atoms with E-state index in [4.69, 9.17) is 5.73 Å². The molecule has 2 aliphatic rings. The zero-order chi connectivity index (χ0) is 27.9. The van der Waals surface area contributed by atoms with E-state index in [9.17, 15) is 22.8 Å². The van der Waals surface area contributed by atoms with Crippen molar-refractivity contribution in [2.75, 3.05) is 0 Å². The van der Waals surface area contributed by atoms with Crippen LogP contribution >= 0.6 is 0 Å². The molecule has 2 aromatic carbocycles. The lowest BCUT2D eigenvalue weighted by atomic mass is 9.82. The predicted molar refractivity (Wildman–Crippen MR) is 137 cm³/mol. The van der Waals surface area contributed by atoms with Crippen LogP contribution in [0.4, 0.5) is 13.2 Å². The summed E-state index contributed by atoms with van der Waals surface area (Å²) in [6.45, 7) is 3.93. The molecule has 0 saturated heterocycles. The van der Waals surface area contributed by atoms with E-state index in [0.29, 0.717) is 28.9 Å². The first-order valence-electron chi connectivity index (χ1n) is 12.5. The fourth-order valence-electron chi connectivity index (χ4n) is 5.22. The van der Waals surface area contributed by atoms with Gasteiger partial charge in [-0.05, 0) is 35.6 Å². The minimum absolute atomic E-state index is 0.0237. The highest BCUT2D eigenvalue weighted by Crippen LogP contribution is 2.40. The maximum Gasteiger partial charge on any atom is 0.417 e. The Hall–Kier alpha value is -4.28. The van der Waals surface area contributed by atoms with Crippen LogP contribution in [0.1, 0.15) is 58.7 Å². The number of aromatic nitrogens is 2. The van der Waals surface area contributed by atoms with E-state index in [1.54, 1.807) is 0 Å². The summed E-state index contributed by atoms with van der Waals surface area (Å²) >= 11 is 0. The van der Waals surface area contributed by atoms with E-state index in [1.807, 2.05) is 44.2 Å². The SMILES string of the molecule is CC(C)C[C@]1(c2ccccc2)N=C(N)N(Cc2ccc(C(F)(F)F)c(C(=O)N3Cc4nccnc4C3)c2)C1=O. The molecule has 0 fully saturated rings. The summed E-state index contributed by atoms with van der Waals surface area (Å²) in [5.41, 5.74) is 5.54. The molecule has 0 unspecified atom stereocenters. The summed E-state index contributed by atoms with van der Waals surface area (Å²) in [5.74, 6) is -1.07. The lowest BCUT2D eigenvalue weighted by Gasteiger charge is -2.28.